The lowest BCUT2D eigenvalue weighted by atomic mass is 10.1. The average Bonchev–Trinajstić information content (AvgIpc) is 2.52. The molecule has 0 unspecified atom stereocenters. The Kier molecular flexibility index (Phi) is 7.34. The van der Waals surface area contributed by atoms with Gasteiger partial charge < -0.3 is 14.2 Å². The number of carbonyl (C=O) groups is 1. The number of benzene rings is 1. The van der Waals surface area contributed by atoms with E-state index in [4.69, 9.17) is 9.47 Å². The number of methoxy groups -OCH3 is 1. The van der Waals surface area contributed by atoms with Crippen LogP contribution < -0.4 is 9.47 Å². The van der Waals surface area contributed by atoms with Gasteiger partial charge >= 0.3 is 12.6 Å². The van der Waals surface area contributed by atoms with Crippen molar-refractivity contribution in [3.63, 3.8) is 0 Å². The van der Waals surface area contributed by atoms with Gasteiger partial charge in [0.05, 0.1) is 23.7 Å². The fourth-order valence-electron chi connectivity index (χ4n) is 1.67. The SMILES string of the molecule is C/C=C/C=C/C(=O)OCc1cc(OC)c(OC(F)F)cc1[N+](=O)[O-]. The Labute approximate surface area is 136 Å². The molecule has 130 valence electrons. The summed E-state index contributed by atoms with van der Waals surface area (Å²) in [5, 5.41) is 11.1. The van der Waals surface area contributed by atoms with Gasteiger partial charge in [0.15, 0.2) is 11.5 Å². The number of rotatable bonds is 8. The van der Waals surface area contributed by atoms with Crippen molar-refractivity contribution in [3.05, 3.63) is 52.1 Å². The maximum atomic E-state index is 12.3. The predicted molar refractivity (Wildman–Crippen MR) is 80.0 cm³/mol. The summed E-state index contributed by atoms with van der Waals surface area (Å²) in [5.74, 6) is -1.34. The molecule has 0 heterocycles. The summed E-state index contributed by atoms with van der Waals surface area (Å²) in [7, 11) is 1.19. The second kappa shape index (κ2) is 9.23. The largest absolute Gasteiger partial charge is 0.493 e. The zero-order chi connectivity index (χ0) is 18.1. The third-order valence-electron chi connectivity index (χ3n) is 2.68. The summed E-state index contributed by atoms with van der Waals surface area (Å²) in [4.78, 5) is 21.7. The molecule has 0 bridgehead atoms. The first-order chi connectivity index (χ1) is 11.4. The summed E-state index contributed by atoms with van der Waals surface area (Å²) >= 11 is 0. The predicted octanol–water partition coefficient (Wildman–Crippen LogP) is 3.38. The zero-order valence-corrected chi connectivity index (χ0v) is 12.9. The number of carbonyl (C=O) groups excluding carboxylic acids is 1. The van der Waals surface area contributed by atoms with Gasteiger partial charge in [0.25, 0.3) is 5.69 Å². The second-order valence-corrected chi connectivity index (χ2v) is 4.26. The van der Waals surface area contributed by atoms with Crippen LogP contribution in [0.4, 0.5) is 14.5 Å². The van der Waals surface area contributed by atoms with Crippen LogP contribution >= 0.6 is 0 Å². The van der Waals surface area contributed by atoms with Crippen LogP contribution in [0, 0.1) is 10.1 Å². The fraction of sp³-hybridized carbons (Fsp3) is 0.267. The van der Waals surface area contributed by atoms with E-state index in [0.717, 1.165) is 18.2 Å². The van der Waals surface area contributed by atoms with Crippen molar-refractivity contribution in [1.29, 1.82) is 0 Å². The van der Waals surface area contributed by atoms with E-state index in [1.165, 1.54) is 13.2 Å². The number of halogens is 2. The Bertz CT molecular complexity index is 658. The molecule has 0 saturated carbocycles. The third kappa shape index (κ3) is 5.67. The van der Waals surface area contributed by atoms with Crippen LogP contribution in [-0.2, 0) is 16.1 Å². The molecule has 0 radical (unpaired) electrons. The monoisotopic (exact) mass is 343 g/mol. The second-order valence-electron chi connectivity index (χ2n) is 4.26. The van der Waals surface area contributed by atoms with Gasteiger partial charge in [-0.3, -0.25) is 10.1 Å². The highest BCUT2D eigenvalue weighted by Gasteiger charge is 2.22. The molecule has 0 N–H and O–H groups in total. The first-order valence-electron chi connectivity index (χ1n) is 6.65. The lowest BCUT2D eigenvalue weighted by Crippen LogP contribution is -2.07. The molecule has 0 aliphatic carbocycles. The minimum Gasteiger partial charge on any atom is -0.493 e. The minimum absolute atomic E-state index is 0.0220. The van der Waals surface area contributed by atoms with Gasteiger partial charge in [-0.2, -0.15) is 8.78 Å². The molecule has 1 aromatic carbocycles. The van der Waals surface area contributed by atoms with E-state index in [2.05, 4.69) is 4.74 Å². The molecule has 0 aliphatic rings. The van der Waals surface area contributed by atoms with E-state index >= 15 is 0 Å². The number of hydrogen-bond acceptors (Lipinski definition) is 6. The van der Waals surface area contributed by atoms with E-state index < -0.39 is 35.5 Å². The average molecular weight is 343 g/mol. The molecule has 0 spiro atoms. The van der Waals surface area contributed by atoms with Crippen molar-refractivity contribution in [2.75, 3.05) is 7.11 Å². The number of esters is 1. The summed E-state index contributed by atoms with van der Waals surface area (Å²) in [6.45, 7) is -1.84. The Morgan fingerprint density at radius 3 is 2.58 bits per heavy atom. The smallest absolute Gasteiger partial charge is 0.387 e. The van der Waals surface area contributed by atoms with Crippen LogP contribution in [-0.4, -0.2) is 24.6 Å². The third-order valence-corrected chi connectivity index (χ3v) is 2.68. The van der Waals surface area contributed by atoms with Crippen LogP contribution in [0.15, 0.2) is 36.4 Å². The highest BCUT2D eigenvalue weighted by atomic mass is 19.3. The number of nitro benzene ring substituents is 1. The van der Waals surface area contributed by atoms with Gasteiger partial charge in [-0.1, -0.05) is 18.2 Å². The molecule has 0 amide bonds. The molecule has 1 aromatic rings. The fourth-order valence-corrected chi connectivity index (χ4v) is 1.67. The summed E-state index contributed by atoms with van der Waals surface area (Å²) < 4.78 is 38.6. The van der Waals surface area contributed by atoms with Crippen LogP contribution in [0.1, 0.15) is 12.5 Å². The van der Waals surface area contributed by atoms with Crippen molar-refractivity contribution in [3.8, 4) is 11.5 Å². The molecule has 7 nitrogen and oxygen atoms in total. The highest BCUT2D eigenvalue weighted by molar-refractivity contribution is 5.82. The zero-order valence-electron chi connectivity index (χ0n) is 12.9. The molecule has 1 rings (SSSR count). The number of alkyl halides is 2. The number of nitrogens with zero attached hydrogens (tertiary/aromatic N) is 1. The lowest BCUT2D eigenvalue weighted by molar-refractivity contribution is -0.386. The van der Waals surface area contributed by atoms with Gasteiger partial charge in [-0.25, -0.2) is 4.79 Å². The van der Waals surface area contributed by atoms with Crippen LogP contribution in [0.2, 0.25) is 0 Å². The first kappa shape index (κ1) is 19.1. The first-order valence-corrected chi connectivity index (χ1v) is 6.65. The summed E-state index contributed by atoms with van der Waals surface area (Å²) in [6.07, 6.45) is 5.87. The Balaban J connectivity index is 3.04. The number of allylic oxidation sites excluding steroid dienone is 3. The normalized spacial score (nSPS) is 11.2. The molecular formula is C15H15F2NO6. The Morgan fingerprint density at radius 1 is 1.33 bits per heavy atom. The van der Waals surface area contributed by atoms with E-state index in [1.54, 1.807) is 19.1 Å². The maximum absolute atomic E-state index is 12.3. The van der Waals surface area contributed by atoms with Gasteiger partial charge in [0.1, 0.15) is 6.61 Å². The maximum Gasteiger partial charge on any atom is 0.387 e. The van der Waals surface area contributed by atoms with Gasteiger partial charge in [0, 0.05) is 6.08 Å². The van der Waals surface area contributed by atoms with E-state index in [0.29, 0.717) is 0 Å². The van der Waals surface area contributed by atoms with E-state index in [9.17, 15) is 23.7 Å². The van der Waals surface area contributed by atoms with Crippen molar-refractivity contribution in [2.45, 2.75) is 20.1 Å². The van der Waals surface area contributed by atoms with E-state index in [1.807, 2.05) is 0 Å². The highest BCUT2D eigenvalue weighted by Crippen LogP contribution is 2.36. The molecule has 0 atom stereocenters. The number of ether oxygens (including phenoxy) is 3. The van der Waals surface area contributed by atoms with Crippen molar-refractivity contribution in [1.82, 2.24) is 0 Å². The van der Waals surface area contributed by atoms with Crippen molar-refractivity contribution in [2.24, 2.45) is 0 Å². The number of hydrogen-bond donors (Lipinski definition) is 0. The standard InChI is InChI=1S/C15H15F2NO6/c1-3-4-5-6-14(19)23-9-10-7-12(22-2)13(24-15(16)17)8-11(10)18(20)21/h3-8,15H,9H2,1-2H3/b4-3+,6-5+. The molecule has 0 aliphatic heterocycles. The van der Waals surface area contributed by atoms with Crippen molar-refractivity contribution < 1.29 is 32.7 Å². The Morgan fingerprint density at radius 2 is 2.04 bits per heavy atom. The number of nitro groups is 1. The van der Waals surface area contributed by atoms with E-state index in [-0.39, 0.29) is 11.3 Å². The minimum atomic E-state index is -3.17. The summed E-state index contributed by atoms with van der Waals surface area (Å²) in [6, 6.07) is 1.91. The van der Waals surface area contributed by atoms with Crippen LogP contribution in [0.5, 0.6) is 11.5 Å². The quantitative estimate of drug-likeness (QED) is 0.236. The van der Waals surface area contributed by atoms with Crippen LogP contribution in [0.3, 0.4) is 0 Å². The summed E-state index contributed by atoms with van der Waals surface area (Å²) in [5.41, 5.74) is -0.553. The Hall–Kier alpha value is -2.97. The molecule has 0 saturated heterocycles. The lowest BCUT2D eigenvalue weighted by Gasteiger charge is -2.12. The van der Waals surface area contributed by atoms with Gasteiger partial charge in [0.2, 0.25) is 0 Å². The molecule has 9 heteroatoms. The molecule has 0 fully saturated rings. The van der Waals surface area contributed by atoms with Gasteiger partial charge in [-0.15, -0.1) is 0 Å². The molecular weight excluding hydrogens is 328 g/mol. The molecule has 24 heavy (non-hydrogen) atoms. The van der Waals surface area contributed by atoms with Crippen LogP contribution in [0.25, 0.3) is 0 Å². The van der Waals surface area contributed by atoms with Crippen molar-refractivity contribution >= 4 is 11.7 Å². The topological polar surface area (TPSA) is 87.9 Å². The van der Waals surface area contributed by atoms with Gasteiger partial charge in [-0.05, 0) is 13.0 Å². The molecule has 0 aromatic heterocycles.